The van der Waals surface area contributed by atoms with Gasteiger partial charge in [-0.2, -0.15) is 0 Å². The second-order valence-electron chi connectivity index (χ2n) is 12.2. The van der Waals surface area contributed by atoms with Crippen molar-refractivity contribution in [3.05, 3.63) is 82.9 Å². The summed E-state index contributed by atoms with van der Waals surface area (Å²) in [4.78, 5) is 38.8. The third kappa shape index (κ3) is 14.2. The van der Waals surface area contributed by atoms with E-state index in [0.717, 1.165) is 83.5 Å². The SMILES string of the molecule is CCCCCCCc1cc(OC(=O)c2ccc(OCCCCCCO)cc2)cc(C(=O)O)c1OC(=O)c1ccc(OCCCCCCO)cc1. The summed E-state index contributed by atoms with van der Waals surface area (Å²) in [6.45, 7) is 3.54. The van der Waals surface area contributed by atoms with Crippen LogP contribution in [0.3, 0.4) is 0 Å². The number of aliphatic hydroxyl groups excluding tert-OH is 2. The Hall–Kier alpha value is -4.41. The molecule has 0 amide bonds. The van der Waals surface area contributed by atoms with Crippen molar-refractivity contribution in [2.45, 2.75) is 96.8 Å². The number of unbranched alkanes of at least 4 members (excludes halogenated alkanes) is 10. The Balaban J connectivity index is 1.72. The number of aryl methyl sites for hydroxylation is 1. The van der Waals surface area contributed by atoms with Crippen molar-refractivity contribution in [3.8, 4) is 23.0 Å². The van der Waals surface area contributed by atoms with Crippen molar-refractivity contribution in [3.63, 3.8) is 0 Å². The molecule has 0 unspecified atom stereocenters. The summed E-state index contributed by atoms with van der Waals surface area (Å²) in [5.41, 5.74) is 0.676. The maximum absolute atomic E-state index is 13.2. The number of hydrogen-bond acceptors (Lipinski definition) is 9. The molecule has 10 heteroatoms. The van der Waals surface area contributed by atoms with E-state index in [4.69, 9.17) is 29.2 Å². The summed E-state index contributed by atoms with van der Waals surface area (Å²) in [6, 6.07) is 15.8. The van der Waals surface area contributed by atoms with Crippen LogP contribution in [-0.4, -0.2) is 59.7 Å². The zero-order valence-electron chi connectivity index (χ0n) is 29.2. The van der Waals surface area contributed by atoms with E-state index < -0.39 is 17.9 Å². The molecule has 50 heavy (non-hydrogen) atoms. The number of aliphatic hydroxyl groups is 2. The number of hydrogen-bond donors (Lipinski definition) is 3. The van der Waals surface area contributed by atoms with Gasteiger partial charge in [-0.3, -0.25) is 0 Å². The first-order chi connectivity index (χ1) is 24.4. The molecular weight excluding hydrogens is 640 g/mol. The normalized spacial score (nSPS) is 10.9. The van der Waals surface area contributed by atoms with E-state index in [2.05, 4.69) is 6.92 Å². The van der Waals surface area contributed by atoms with Crippen LogP contribution in [0.15, 0.2) is 60.7 Å². The minimum Gasteiger partial charge on any atom is -0.494 e. The van der Waals surface area contributed by atoms with Gasteiger partial charge >= 0.3 is 17.9 Å². The molecule has 0 fully saturated rings. The van der Waals surface area contributed by atoms with Gasteiger partial charge in [0.1, 0.15) is 28.6 Å². The zero-order chi connectivity index (χ0) is 36.0. The number of carboxylic acid groups (broad SMARTS) is 1. The van der Waals surface area contributed by atoms with E-state index >= 15 is 0 Å². The van der Waals surface area contributed by atoms with Crippen molar-refractivity contribution in [2.75, 3.05) is 26.4 Å². The summed E-state index contributed by atoms with van der Waals surface area (Å²) < 4.78 is 22.9. The number of carbonyl (C=O) groups excluding carboxylic acids is 2. The molecule has 0 radical (unpaired) electrons. The largest absolute Gasteiger partial charge is 0.494 e. The van der Waals surface area contributed by atoms with Gasteiger partial charge in [0.15, 0.2) is 0 Å². The third-order valence-electron chi connectivity index (χ3n) is 8.15. The lowest BCUT2D eigenvalue weighted by Crippen LogP contribution is -2.15. The maximum atomic E-state index is 13.2. The number of ether oxygens (including phenoxy) is 4. The predicted octanol–water partition coefficient (Wildman–Crippen LogP) is 8.20. The summed E-state index contributed by atoms with van der Waals surface area (Å²) in [5, 5.41) is 27.9. The van der Waals surface area contributed by atoms with Crippen LogP contribution in [0.4, 0.5) is 0 Å². The van der Waals surface area contributed by atoms with Crippen LogP contribution in [0, 0.1) is 0 Å². The Kier molecular flexibility index (Phi) is 18.5. The molecule has 10 nitrogen and oxygen atoms in total. The summed E-state index contributed by atoms with van der Waals surface area (Å²) in [5.74, 6) is -1.52. The molecule has 0 bridgehead atoms. The molecule has 0 heterocycles. The quantitative estimate of drug-likeness (QED) is 0.0451. The minimum absolute atomic E-state index is 0.0387. The van der Waals surface area contributed by atoms with Crippen molar-refractivity contribution < 1.29 is 48.7 Å². The molecule has 3 aromatic carbocycles. The van der Waals surface area contributed by atoms with Crippen LogP contribution in [-0.2, 0) is 6.42 Å². The molecule has 3 rings (SSSR count). The molecule has 0 saturated heterocycles. The van der Waals surface area contributed by atoms with Crippen LogP contribution in [0.2, 0.25) is 0 Å². The smallest absolute Gasteiger partial charge is 0.343 e. The van der Waals surface area contributed by atoms with Gasteiger partial charge in [-0.05, 0) is 118 Å². The fourth-order valence-electron chi connectivity index (χ4n) is 5.31. The van der Waals surface area contributed by atoms with Crippen molar-refractivity contribution in [1.29, 1.82) is 0 Å². The zero-order valence-corrected chi connectivity index (χ0v) is 29.2. The van der Waals surface area contributed by atoms with E-state index in [1.54, 1.807) is 54.6 Å². The molecular formula is C40H52O10. The molecule has 3 N–H and O–H groups in total. The van der Waals surface area contributed by atoms with Gasteiger partial charge in [-0.25, -0.2) is 14.4 Å². The second-order valence-corrected chi connectivity index (χ2v) is 12.2. The molecule has 3 aromatic rings. The number of carbonyl (C=O) groups is 3. The highest BCUT2D eigenvalue weighted by molar-refractivity contribution is 5.97. The molecule has 0 aliphatic rings. The average Bonchev–Trinajstić information content (AvgIpc) is 3.12. The second kappa shape index (κ2) is 23.1. The highest BCUT2D eigenvalue weighted by atomic mass is 16.5. The van der Waals surface area contributed by atoms with Crippen LogP contribution < -0.4 is 18.9 Å². The van der Waals surface area contributed by atoms with Gasteiger partial charge in [0.25, 0.3) is 0 Å². The topological polar surface area (TPSA) is 149 Å². The van der Waals surface area contributed by atoms with Crippen LogP contribution in [0.25, 0.3) is 0 Å². The number of carboxylic acids is 1. The van der Waals surface area contributed by atoms with Crippen LogP contribution in [0.5, 0.6) is 23.0 Å². The number of aromatic carboxylic acids is 1. The van der Waals surface area contributed by atoms with Crippen LogP contribution >= 0.6 is 0 Å². The van der Waals surface area contributed by atoms with Gasteiger partial charge in [0.05, 0.1) is 24.3 Å². The number of benzene rings is 3. The summed E-state index contributed by atoms with van der Waals surface area (Å²) >= 11 is 0. The van der Waals surface area contributed by atoms with Crippen molar-refractivity contribution >= 4 is 17.9 Å². The Morgan fingerprint density at radius 2 is 1.04 bits per heavy atom. The van der Waals surface area contributed by atoms with E-state index in [1.807, 2.05) is 0 Å². The van der Waals surface area contributed by atoms with E-state index in [1.165, 1.54) is 6.07 Å². The lowest BCUT2D eigenvalue weighted by molar-refractivity contribution is 0.0669. The third-order valence-corrected chi connectivity index (χ3v) is 8.15. The number of esters is 2. The Labute approximate surface area is 295 Å². The highest BCUT2D eigenvalue weighted by Crippen LogP contribution is 2.33. The van der Waals surface area contributed by atoms with Gasteiger partial charge in [0, 0.05) is 13.2 Å². The maximum Gasteiger partial charge on any atom is 0.343 e. The Morgan fingerprint density at radius 3 is 1.54 bits per heavy atom. The van der Waals surface area contributed by atoms with E-state index in [9.17, 15) is 19.5 Å². The predicted molar refractivity (Wildman–Crippen MR) is 191 cm³/mol. The molecule has 0 atom stereocenters. The molecule has 272 valence electrons. The summed E-state index contributed by atoms with van der Waals surface area (Å²) in [6.07, 6.45) is 12.3. The summed E-state index contributed by atoms with van der Waals surface area (Å²) in [7, 11) is 0. The fourth-order valence-corrected chi connectivity index (χ4v) is 5.31. The minimum atomic E-state index is -1.32. The Morgan fingerprint density at radius 1 is 0.560 bits per heavy atom. The van der Waals surface area contributed by atoms with Gasteiger partial charge < -0.3 is 34.3 Å². The van der Waals surface area contributed by atoms with Crippen molar-refractivity contribution in [1.82, 2.24) is 0 Å². The van der Waals surface area contributed by atoms with E-state index in [0.29, 0.717) is 36.7 Å². The molecule has 0 aromatic heterocycles. The Bertz CT molecular complexity index is 1450. The van der Waals surface area contributed by atoms with Gasteiger partial charge in [-0.1, -0.05) is 45.4 Å². The molecule has 0 saturated carbocycles. The van der Waals surface area contributed by atoms with E-state index in [-0.39, 0.29) is 41.4 Å². The lowest BCUT2D eigenvalue weighted by Gasteiger charge is -2.16. The van der Waals surface area contributed by atoms with Crippen LogP contribution in [0.1, 0.15) is 127 Å². The first-order valence-corrected chi connectivity index (χ1v) is 17.9. The standard InChI is InChI=1S/C40H52O10/c1-2-3-4-5-10-15-32-28-35(49-39(45)30-16-20-33(21-17-30)47-26-13-8-6-11-24-41)29-36(38(43)44)37(32)50-40(46)31-18-22-34(23-19-31)48-27-14-9-7-12-25-42/h16-23,28-29,41-42H,2-15,24-27H2,1H3,(H,43,44). The van der Waals surface area contributed by atoms with Crippen molar-refractivity contribution in [2.24, 2.45) is 0 Å². The first kappa shape index (κ1) is 40.0. The number of rotatable bonds is 25. The lowest BCUT2D eigenvalue weighted by atomic mass is 10.0. The van der Waals surface area contributed by atoms with Gasteiger partial charge in [0.2, 0.25) is 0 Å². The van der Waals surface area contributed by atoms with Gasteiger partial charge in [-0.15, -0.1) is 0 Å². The molecule has 0 aliphatic heterocycles. The average molecular weight is 693 g/mol. The monoisotopic (exact) mass is 692 g/mol. The molecule has 0 aliphatic carbocycles. The first-order valence-electron chi connectivity index (χ1n) is 17.9. The fraction of sp³-hybridized carbons (Fsp3) is 0.475. The highest BCUT2D eigenvalue weighted by Gasteiger charge is 2.23. The molecule has 0 spiro atoms.